The summed E-state index contributed by atoms with van der Waals surface area (Å²) >= 11 is 7.38. The van der Waals surface area contributed by atoms with E-state index < -0.39 is 4.45 Å². The highest BCUT2D eigenvalue weighted by atomic mass is 35.5. The molecule has 2 rings (SSSR count). The average molecular weight is 368 g/mol. The lowest BCUT2D eigenvalue weighted by Crippen LogP contribution is -2.37. The Morgan fingerprint density at radius 2 is 2.20 bits per heavy atom. The van der Waals surface area contributed by atoms with Gasteiger partial charge in [-0.3, -0.25) is 9.78 Å². The lowest BCUT2D eigenvalue weighted by Gasteiger charge is -2.26. The molecule has 1 amide bonds. The van der Waals surface area contributed by atoms with Gasteiger partial charge in [-0.15, -0.1) is 0 Å². The van der Waals surface area contributed by atoms with Gasteiger partial charge < -0.3 is 4.90 Å². The number of pyridine rings is 1. The van der Waals surface area contributed by atoms with Gasteiger partial charge in [0.1, 0.15) is 5.69 Å². The van der Waals surface area contributed by atoms with E-state index in [2.05, 4.69) is 10.1 Å². The lowest BCUT2D eigenvalue weighted by molar-refractivity contribution is -0.121. The summed E-state index contributed by atoms with van der Waals surface area (Å²) in [5.41, 5.74) is 1.29. The van der Waals surface area contributed by atoms with Crippen LogP contribution < -0.4 is 4.90 Å². The standard InChI is InChI=1S/C15H16B3ClN4OS/c1-3-22(14(24)10(2)9-25-15(16,17)18)12-8-23(21-13(12)19)11-5-4-6-20-7-11/h4-8,10H,3,9H2,1-2H3. The topological polar surface area (TPSA) is 51.0 Å². The Kier molecular flexibility index (Phi) is 6.68. The first-order chi connectivity index (χ1) is 11.7. The largest absolute Gasteiger partial charge is 0.308 e. The molecule has 0 aliphatic rings. The van der Waals surface area contributed by atoms with E-state index in [-0.39, 0.29) is 17.0 Å². The summed E-state index contributed by atoms with van der Waals surface area (Å²) < 4.78 is 0.221. The monoisotopic (exact) mass is 368 g/mol. The number of hydrogen-bond donors (Lipinski definition) is 0. The first kappa shape index (κ1) is 20.0. The van der Waals surface area contributed by atoms with E-state index in [0.717, 1.165) is 17.4 Å². The molecule has 0 N–H and O–H groups in total. The number of amides is 1. The van der Waals surface area contributed by atoms with E-state index in [0.29, 0.717) is 18.0 Å². The Hall–Kier alpha value is -1.34. The molecule has 0 aliphatic heterocycles. The van der Waals surface area contributed by atoms with E-state index in [1.807, 2.05) is 13.0 Å². The van der Waals surface area contributed by atoms with Gasteiger partial charge in [0.25, 0.3) is 0 Å². The summed E-state index contributed by atoms with van der Waals surface area (Å²) in [6, 6.07) is 3.64. The molecule has 2 aromatic rings. The molecule has 2 heterocycles. The van der Waals surface area contributed by atoms with Crippen molar-refractivity contribution in [2.45, 2.75) is 18.3 Å². The number of halogens is 1. The molecule has 0 aromatic carbocycles. The second-order valence-corrected chi connectivity index (χ2v) is 7.30. The predicted molar refractivity (Wildman–Crippen MR) is 106 cm³/mol. The number of thioether (sulfide) groups is 1. The normalized spacial score (nSPS) is 12.8. The highest BCUT2D eigenvalue weighted by Gasteiger charge is 2.25. The minimum atomic E-state index is -1.37. The van der Waals surface area contributed by atoms with Gasteiger partial charge in [-0.2, -0.15) is 16.9 Å². The van der Waals surface area contributed by atoms with Crippen molar-refractivity contribution in [3.8, 4) is 5.69 Å². The lowest BCUT2D eigenvalue weighted by atomic mass is 9.56. The van der Waals surface area contributed by atoms with Gasteiger partial charge >= 0.3 is 0 Å². The van der Waals surface area contributed by atoms with Crippen LogP contribution in [0.3, 0.4) is 0 Å². The molecule has 1 unspecified atom stereocenters. The molecule has 0 spiro atoms. The molecule has 0 bridgehead atoms. The van der Waals surface area contributed by atoms with E-state index in [1.54, 1.807) is 41.2 Å². The third-order valence-corrected chi connectivity index (χ3v) is 4.88. The van der Waals surface area contributed by atoms with Crippen molar-refractivity contribution in [3.05, 3.63) is 35.9 Å². The summed E-state index contributed by atoms with van der Waals surface area (Å²) in [5.74, 6) is -0.0441. The van der Waals surface area contributed by atoms with Crippen LogP contribution >= 0.6 is 23.4 Å². The van der Waals surface area contributed by atoms with Gasteiger partial charge in [-0.25, -0.2) is 4.68 Å². The smallest absolute Gasteiger partial charge is 0.230 e. The summed E-state index contributed by atoms with van der Waals surface area (Å²) in [4.78, 5) is 18.4. The average Bonchev–Trinajstić information content (AvgIpc) is 2.95. The van der Waals surface area contributed by atoms with E-state index >= 15 is 0 Å². The van der Waals surface area contributed by atoms with Crippen molar-refractivity contribution >= 4 is 58.5 Å². The SMILES string of the molecule is [B]C([B])([B])SCC(C)C(=O)N(CC)c1cn(-c2cccnc2)nc1Cl. The maximum Gasteiger partial charge on any atom is 0.230 e. The zero-order valence-corrected chi connectivity index (χ0v) is 15.7. The van der Waals surface area contributed by atoms with Gasteiger partial charge in [0.15, 0.2) is 5.15 Å². The molecule has 0 saturated carbocycles. The van der Waals surface area contributed by atoms with Crippen molar-refractivity contribution in [2.24, 2.45) is 5.92 Å². The number of carbonyl (C=O) groups excluding carboxylic acids is 1. The molecule has 6 radical (unpaired) electrons. The van der Waals surface area contributed by atoms with Gasteiger partial charge in [0, 0.05) is 24.4 Å². The quantitative estimate of drug-likeness (QED) is 0.699. The minimum Gasteiger partial charge on any atom is -0.308 e. The zero-order valence-electron chi connectivity index (χ0n) is 14.1. The first-order valence-electron chi connectivity index (χ1n) is 7.70. The van der Waals surface area contributed by atoms with Gasteiger partial charge in [-0.1, -0.05) is 23.0 Å². The van der Waals surface area contributed by atoms with Gasteiger partial charge in [0.2, 0.25) is 5.91 Å². The number of nitrogens with zero attached hydrogens (tertiary/aromatic N) is 4. The third-order valence-electron chi connectivity index (χ3n) is 3.44. The Morgan fingerprint density at radius 3 is 2.76 bits per heavy atom. The van der Waals surface area contributed by atoms with Crippen LogP contribution in [0.1, 0.15) is 13.8 Å². The van der Waals surface area contributed by atoms with Crippen molar-refractivity contribution in [3.63, 3.8) is 0 Å². The van der Waals surface area contributed by atoms with Crippen LogP contribution in [-0.2, 0) is 4.79 Å². The van der Waals surface area contributed by atoms with E-state index in [1.165, 1.54) is 0 Å². The Morgan fingerprint density at radius 1 is 1.48 bits per heavy atom. The fourth-order valence-corrected chi connectivity index (χ4v) is 3.11. The molecular weight excluding hydrogens is 352 g/mol. The van der Waals surface area contributed by atoms with Crippen LogP contribution in [0.2, 0.25) is 5.15 Å². The van der Waals surface area contributed by atoms with Gasteiger partial charge in [-0.05, 0) is 19.1 Å². The molecule has 2 aromatic heterocycles. The van der Waals surface area contributed by atoms with E-state index in [4.69, 9.17) is 35.1 Å². The Balaban J connectivity index is 2.20. The van der Waals surface area contributed by atoms with Crippen LogP contribution in [0.4, 0.5) is 5.69 Å². The summed E-state index contributed by atoms with van der Waals surface area (Å²) in [6.07, 6.45) is 5.04. The molecule has 5 nitrogen and oxygen atoms in total. The van der Waals surface area contributed by atoms with Crippen LogP contribution in [0.5, 0.6) is 0 Å². The minimum absolute atomic E-state index is 0.105. The molecular formula is C15H16B3ClN4OS. The zero-order chi connectivity index (χ0) is 18.6. The van der Waals surface area contributed by atoms with Gasteiger partial charge in [0.05, 0.1) is 41.6 Å². The van der Waals surface area contributed by atoms with E-state index in [9.17, 15) is 4.79 Å². The highest BCUT2D eigenvalue weighted by Crippen LogP contribution is 2.28. The summed E-state index contributed by atoms with van der Waals surface area (Å²) in [6.45, 7) is 4.11. The molecule has 124 valence electrons. The van der Waals surface area contributed by atoms with Crippen LogP contribution in [0, 0.1) is 5.92 Å². The second kappa shape index (κ2) is 8.36. The molecule has 0 saturated heterocycles. The van der Waals surface area contributed by atoms with Crippen LogP contribution in [0.25, 0.3) is 5.69 Å². The highest BCUT2D eigenvalue weighted by molar-refractivity contribution is 8.04. The predicted octanol–water partition coefficient (Wildman–Crippen LogP) is 1.76. The van der Waals surface area contributed by atoms with Crippen molar-refractivity contribution in [1.82, 2.24) is 14.8 Å². The molecule has 10 heteroatoms. The van der Waals surface area contributed by atoms with Crippen LogP contribution in [-0.4, -0.2) is 61.0 Å². The maximum atomic E-state index is 12.8. The number of carbonyl (C=O) groups is 1. The number of anilines is 1. The number of rotatable bonds is 7. The fraction of sp³-hybridized carbons (Fsp3) is 0.400. The molecule has 1 atom stereocenters. The fourth-order valence-electron chi connectivity index (χ4n) is 2.20. The second-order valence-electron chi connectivity index (χ2n) is 5.61. The Labute approximate surface area is 161 Å². The number of hydrogen-bond acceptors (Lipinski definition) is 4. The Bertz CT molecular complexity index is 723. The molecule has 0 aliphatic carbocycles. The summed E-state index contributed by atoms with van der Waals surface area (Å²) in [7, 11) is 16.6. The van der Waals surface area contributed by atoms with Crippen molar-refractivity contribution in [1.29, 1.82) is 0 Å². The number of aromatic nitrogens is 3. The first-order valence-corrected chi connectivity index (χ1v) is 9.06. The van der Waals surface area contributed by atoms with Crippen molar-refractivity contribution in [2.75, 3.05) is 17.2 Å². The molecule has 25 heavy (non-hydrogen) atoms. The molecule has 0 fully saturated rings. The third kappa shape index (κ3) is 5.32. The summed E-state index contributed by atoms with van der Waals surface area (Å²) in [5, 5.41) is 4.50. The maximum absolute atomic E-state index is 12.8. The van der Waals surface area contributed by atoms with Crippen LogP contribution in [0.15, 0.2) is 30.7 Å². The van der Waals surface area contributed by atoms with Crippen molar-refractivity contribution < 1.29 is 4.79 Å².